The summed E-state index contributed by atoms with van der Waals surface area (Å²) in [4.78, 5) is 0. The van der Waals surface area contributed by atoms with E-state index in [0.29, 0.717) is 6.42 Å². The fourth-order valence-corrected chi connectivity index (χ4v) is 1.23. The van der Waals surface area contributed by atoms with E-state index < -0.39 is 11.7 Å². The van der Waals surface area contributed by atoms with Crippen molar-refractivity contribution >= 4 is 0 Å². The molecule has 0 spiro atoms. The van der Waals surface area contributed by atoms with Gasteiger partial charge in [-0.1, -0.05) is 18.1 Å². The highest BCUT2D eigenvalue weighted by molar-refractivity contribution is 4.92. The van der Waals surface area contributed by atoms with Crippen molar-refractivity contribution in [3.05, 3.63) is 11.6 Å². The van der Waals surface area contributed by atoms with Crippen LogP contribution in [0.3, 0.4) is 0 Å². The third-order valence-corrected chi connectivity index (χ3v) is 2.30. The van der Waals surface area contributed by atoms with Crippen molar-refractivity contribution in [2.45, 2.75) is 65.1 Å². The summed E-state index contributed by atoms with van der Waals surface area (Å²) in [7, 11) is 0. The third kappa shape index (κ3) is 7.10. The van der Waals surface area contributed by atoms with E-state index in [9.17, 15) is 10.2 Å². The van der Waals surface area contributed by atoms with Crippen LogP contribution < -0.4 is 0 Å². The largest absolute Gasteiger partial charge is 0.390 e. The zero-order chi connectivity index (χ0) is 11.2. The van der Waals surface area contributed by atoms with Crippen molar-refractivity contribution in [1.29, 1.82) is 0 Å². The van der Waals surface area contributed by atoms with Crippen molar-refractivity contribution in [3.63, 3.8) is 0 Å². The second-order valence-corrected chi connectivity index (χ2v) is 4.74. The van der Waals surface area contributed by atoms with Crippen LogP contribution in [0.4, 0.5) is 0 Å². The molecular formula is C12H24O2. The predicted molar refractivity (Wildman–Crippen MR) is 60.2 cm³/mol. The number of aliphatic hydroxyl groups is 2. The first-order valence-corrected chi connectivity index (χ1v) is 5.38. The zero-order valence-electron chi connectivity index (χ0n) is 9.88. The quantitative estimate of drug-likeness (QED) is 0.511. The Labute approximate surface area is 87.7 Å². The van der Waals surface area contributed by atoms with Crippen LogP contribution in [0, 0.1) is 0 Å². The predicted octanol–water partition coefficient (Wildman–Crippen LogP) is 2.64. The summed E-state index contributed by atoms with van der Waals surface area (Å²) in [6.45, 7) is 7.47. The van der Waals surface area contributed by atoms with E-state index in [1.807, 2.05) is 0 Å². The maximum atomic E-state index is 9.53. The van der Waals surface area contributed by atoms with Crippen LogP contribution in [0.2, 0.25) is 0 Å². The summed E-state index contributed by atoms with van der Waals surface area (Å²) in [5.74, 6) is 0. The van der Waals surface area contributed by atoms with Gasteiger partial charge >= 0.3 is 0 Å². The van der Waals surface area contributed by atoms with Gasteiger partial charge in [0.25, 0.3) is 0 Å². The van der Waals surface area contributed by atoms with Gasteiger partial charge < -0.3 is 10.2 Å². The van der Waals surface area contributed by atoms with Gasteiger partial charge in [-0.2, -0.15) is 0 Å². The molecule has 0 rings (SSSR count). The fourth-order valence-electron chi connectivity index (χ4n) is 1.23. The van der Waals surface area contributed by atoms with Crippen LogP contribution in [0.5, 0.6) is 0 Å². The van der Waals surface area contributed by atoms with E-state index in [0.717, 1.165) is 19.3 Å². The molecule has 0 bridgehead atoms. The minimum absolute atomic E-state index is 0.603. The molecule has 0 aromatic rings. The lowest BCUT2D eigenvalue weighted by atomic mass is 9.96. The molecule has 0 aromatic carbocycles. The summed E-state index contributed by atoms with van der Waals surface area (Å²) < 4.78 is 0. The number of unbranched alkanes of at least 4 members (excludes halogenated alkanes) is 2. The minimum atomic E-state index is -0.962. The van der Waals surface area contributed by atoms with Gasteiger partial charge in [-0.25, -0.2) is 0 Å². The first-order valence-electron chi connectivity index (χ1n) is 5.38. The maximum Gasteiger partial charge on any atom is 0.0849 e. The van der Waals surface area contributed by atoms with Crippen LogP contribution >= 0.6 is 0 Å². The number of allylic oxidation sites excluding steroid dienone is 2. The minimum Gasteiger partial charge on any atom is -0.390 e. The van der Waals surface area contributed by atoms with E-state index in [-0.39, 0.29) is 0 Å². The van der Waals surface area contributed by atoms with E-state index >= 15 is 0 Å². The Morgan fingerprint density at radius 1 is 1.29 bits per heavy atom. The fraction of sp³-hybridized carbons (Fsp3) is 0.833. The molecule has 0 saturated heterocycles. The van der Waals surface area contributed by atoms with Gasteiger partial charge in [-0.3, -0.25) is 0 Å². The molecule has 14 heavy (non-hydrogen) atoms. The van der Waals surface area contributed by atoms with E-state index in [4.69, 9.17) is 0 Å². The molecular weight excluding hydrogens is 176 g/mol. The lowest BCUT2D eigenvalue weighted by Crippen LogP contribution is -2.35. The monoisotopic (exact) mass is 200 g/mol. The van der Waals surface area contributed by atoms with Crippen molar-refractivity contribution in [2.75, 3.05) is 0 Å². The van der Waals surface area contributed by atoms with Gasteiger partial charge in [0.15, 0.2) is 0 Å². The highest BCUT2D eigenvalue weighted by atomic mass is 16.3. The number of hydrogen-bond acceptors (Lipinski definition) is 2. The highest BCUT2D eigenvalue weighted by Gasteiger charge is 2.23. The Hall–Kier alpha value is -0.340. The second kappa shape index (κ2) is 6.20. The number of rotatable bonds is 6. The summed E-state index contributed by atoms with van der Waals surface area (Å²) in [5.41, 5.74) is 0.379. The molecule has 84 valence electrons. The first kappa shape index (κ1) is 13.7. The average Bonchev–Trinajstić information content (AvgIpc) is 2.01. The normalized spacial score (nSPS) is 13.9. The molecule has 0 unspecified atom stereocenters. The van der Waals surface area contributed by atoms with Crippen molar-refractivity contribution in [1.82, 2.24) is 0 Å². The highest BCUT2D eigenvalue weighted by Crippen LogP contribution is 2.15. The third-order valence-electron chi connectivity index (χ3n) is 2.30. The Morgan fingerprint density at radius 2 is 1.86 bits per heavy atom. The summed E-state index contributed by atoms with van der Waals surface area (Å²) in [5, 5.41) is 19.0. The van der Waals surface area contributed by atoms with Crippen LogP contribution in [-0.4, -0.2) is 21.9 Å². The Kier molecular flexibility index (Phi) is 6.05. The van der Waals surface area contributed by atoms with Crippen LogP contribution in [0.15, 0.2) is 11.6 Å². The SMILES string of the molecule is CC(C)=CCCCC[C@@H](O)C(C)(C)O. The van der Waals surface area contributed by atoms with Gasteiger partial charge in [0, 0.05) is 0 Å². The molecule has 0 aromatic heterocycles. The molecule has 2 N–H and O–H groups in total. The Morgan fingerprint density at radius 3 is 2.29 bits per heavy atom. The van der Waals surface area contributed by atoms with Gasteiger partial charge in [-0.05, 0) is 47.0 Å². The Bertz CT molecular complexity index is 173. The molecule has 2 heteroatoms. The summed E-state index contributed by atoms with van der Waals surface area (Å²) >= 11 is 0. The van der Waals surface area contributed by atoms with Crippen molar-refractivity contribution in [2.24, 2.45) is 0 Å². The van der Waals surface area contributed by atoms with E-state index in [1.54, 1.807) is 13.8 Å². The van der Waals surface area contributed by atoms with Gasteiger partial charge in [0.05, 0.1) is 11.7 Å². The van der Waals surface area contributed by atoms with E-state index in [2.05, 4.69) is 19.9 Å². The lowest BCUT2D eigenvalue weighted by Gasteiger charge is -2.24. The zero-order valence-corrected chi connectivity index (χ0v) is 9.88. The molecule has 0 aliphatic heterocycles. The van der Waals surface area contributed by atoms with Gasteiger partial charge in [0.1, 0.15) is 0 Å². The molecule has 0 aliphatic carbocycles. The topological polar surface area (TPSA) is 40.5 Å². The summed E-state index contributed by atoms with van der Waals surface area (Å²) in [6, 6.07) is 0. The molecule has 0 saturated carbocycles. The van der Waals surface area contributed by atoms with Crippen LogP contribution in [-0.2, 0) is 0 Å². The van der Waals surface area contributed by atoms with Crippen LogP contribution in [0.25, 0.3) is 0 Å². The number of aliphatic hydroxyl groups excluding tert-OH is 1. The van der Waals surface area contributed by atoms with Crippen LogP contribution in [0.1, 0.15) is 53.4 Å². The second-order valence-electron chi connectivity index (χ2n) is 4.74. The molecule has 0 fully saturated rings. The Balaban J connectivity index is 3.51. The first-order chi connectivity index (χ1) is 6.34. The van der Waals surface area contributed by atoms with Gasteiger partial charge in [0.2, 0.25) is 0 Å². The molecule has 0 radical (unpaired) electrons. The number of hydrogen-bond donors (Lipinski definition) is 2. The lowest BCUT2D eigenvalue weighted by molar-refractivity contribution is -0.0521. The molecule has 2 nitrogen and oxygen atoms in total. The standard InChI is InChI=1S/C12H24O2/c1-10(2)8-6-5-7-9-11(13)12(3,4)14/h8,11,13-14H,5-7,9H2,1-4H3/t11-/m1/s1. The van der Waals surface area contributed by atoms with Crippen molar-refractivity contribution in [3.8, 4) is 0 Å². The summed E-state index contributed by atoms with van der Waals surface area (Å²) in [6.07, 6.45) is 5.40. The van der Waals surface area contributed by atoms with Gasteiger partial charge in [-0.15, -0.1) is 0 Å². The smallest absolute Gasteiger partial charge is 0.0849 e. The van der Waals surface area contributed by atoms with E-state index in [1.165, 1.54) is 5.57 Å². The molecule has 0 amide bonds. The molecule has 0 heterocycles. The van der Waals surface area contributed by atoms with Crippen molar-refractivity contribution < 1.29 is 10.2 Å². The molecule has 0 aliphatic rings. The molecule has 1 atom stereocenters. The maximum absolute atomic E-state index is 9.53. The average molecular weight is 200 g/mol.